The molecule has 0 aromatic heterocycles. The number of benzene rings is 1. The topological polar surface area (TPSA) is 12.0 Å². The van der Waals surface area contributed by atoms with Crippen LogP contribution in [-0.4, -0.2) is 18.6 Å². The molecule has 0 heterocycles. The standard InChI is InChI=1S/C15H25NS/c1-13-7-8-15(11-14(13)2)12-16-9-5-4-6-10-17-3/h7-8,11,16H,4-6,9-10,12H2,1-3H3. The van der Waals surface area contributed by atoms with Crippen molar-refractivity contribution in [2.75, 3.05) is 18.6 Å². The Hall–Kier alpha value is -0.470. The van der Waals surface area contributed by atoms with Crippen LogP contribution in [0, 0.1) is 13.8 Å². The summed E-state index contributed by atoms with van der Waals surface area (Å²) < 4.78 is 0. The second-order valence-electron chi connectivity index (χ2n) is 4.65. The zero-order valence-electron chi connectivity index (χ0n) is 11.4. The lowest BCUT2D eigenvalue weighted by molar-refractivity contribution is 0.618. The molecule has 0 saturated carbocycles. The van der Waals surface area contributed by atoms with Crippen molar-refractivity contribution in [1.29, 1.82) is 0 Å². The first-order valence-electron chi connectivity index (χ1n) is 6.50. The van der Waals surface area contributed by atoms with Gasteiger partial charge in [0, 0.05) is 6.54 Å². The predicted molar refractivity (Wildman–Crippen MR) is 79.9 cm³/mol. The molecular formula is C15H25NS. The van der Waals surface area contributed by atoms with Crippen LogP contribution in [0.1, 0.15) is 36.0 Å². The van der Waals surface area contributed by atoms with Crippen molar-refractivity contribution >= 4 is 11.8 Å². The SMILES string of the molecule is CSCCCCCNCc1ccc(C)c(C)c1. The van der Waals surface area contributed by atoms with Crippen molar-refractivity contribution in [3.8, 4) is 0 Å². The molecule has 0 amide bonds. The normalized spacial score (nSPS) is 10.8. The Balaban J connectivity index is 2.11. The maximum Gasteiger partial charge on any atom is 0.0205 e. The van der Waals surface area contributed by atoms with E-state index in [2.05, 4.69) is 43.6 Å². The fourth-order valence-corrected chi connectivity index (χ4v) is 2.31. The van der Waals surface area contributed by atoms with Crippen LogP contribution in [-0.2, 0) is 6.54 Å². The summed E-state index contributed by atoms with van der Waals surface area (Å²) in [5.41, 5.74) is 4.17. The van der Waals surface area contributed by atoms with E-state index in [1.807, 2.05) is 11.8 Å². The van der Waals surface area contributed by atoms with Gasteiger partial charge in [-0.2, -0.15) is 11.8 Å². The molecule has 0 unspecified atom stereocenters. The molecule has 0 spiro atoms. The molecule has 0 aliphatic carbocycles. The molecule has 17 heavy (non-hydrogen) atoms. The maximum atomic E-state index is 3.52. The summed E-state index contributed by atoms with van der Waals surface area (Å²) >= 11 is 1.94. The van der Waals surface area contributed by atoms with Gasteiger partial charge in [-0.25, -0.2) is 0 Å². The molecular weight excluding hydrogens is 226 g/mol. The number of thioether (sulfide) groups is 1. The largest absolute Gasteiger partial charge is 0.313 e. The van der Waals surface area contributed by atoms with Crippen molar-refractivity contribution in [1.82, 2.24) is 5.32 Å². The van der Waals surface area contributed by atoms with E-state index >= 15 is 0 Å². The summed E-state index contributed by atoms with van der Waals surface area (Å²) in [4.78, 5) is 0. The zero-order valence-corrected chi connectivity index (χ0v) is 12.2. The van der Waals surface area contributed by atoms with Gasteiger partial charge in [-0.1, -0.05) is 24.6 Å². The van der Waals surface area contributed by atoms with E-state index in [1.165, 1.54) is 41.7 Å². The van der Waals surface area contributed by atoms with E-state index in [1.54, 1.807) is 0 Å². The smallest absolute Gasteiger partial charge is 0.0205 e. The monoisotopic (exact) mass is 251 g/mol. The quantitative estimate of drug-likeness (QED) is 0.703. The summed E-state index contributed by atoms with van der Waals surface area (Å²) in [5, 5.41) is 3.52. The number of hydrogen-bond acceptors (Lipinski definition) is 2. The predicted octanol–water partition coefficient (Wildman–Crippen LogP) is 3.93. The minimum absolute atomic E-state index is 1.00. The zero-order chi connectivity index (χ0) is 12.5. The minimum Gasteiger partial charge on any atom is -0.313 e. The van der Waals surface area contributed by atoms with Gasteiger partial charge in [0.25, 0.3) is 0 Å². The van der Waals surface area contributed by atoms with Gasteiger partial charge in [-0.05, 0) is 61.9 Å². The van der Waals surface area contributed by atoms with Gasteiger partial charge in [-0.15, -0.1) is 0 Å². The van der Waals surface area contributed by atoms with Crippen LogP contribution < -0.4 is 5.32 Å². The number of hydrogen-bond donors (Lipinski definition) is 1. The lowest BCUT2D eigenvalue weighted by atomic mass is 10.1. The van der Waals surface area contributed by atoms with Crippen LogP contribution in [0.4, 0.5) is 0 Å². The van der Waals surface area contributed by atoms with Crippen LogP contribution in [0.25, 0.3) is 0 Å². The highest BCUT2D eigenvalue weighted by Gasteiger charge is 1.96. The van der Waals surface area contributed by atoms with E-state index < -0.39 is 0 Å². The fraction of sp³-hybridized carbons (Fsp3) is 0.600. The molecule has 1 nitrogen and oxygen atoms in total. The first-order chi connectivity index (χ1) is 8.24. The second-order valence-corrected chi connectivity index (χ2v) is 5.63. The maximum absolute atomic E-state index is 3.52. The van der Waals surface area contributed by atoms with Crippen LogP contribution in [0.2, 0.25) is 0 Å². The first kappa shape index (κ1) is 14.6. The van der Waals surface area contributed by atoms with Crippen LogP contribution in [0.5, 0.6) is 0 Å². The number of nitrogens with one attached hydrogen (secondary N) is 1. The number of aryl methyl sites for hydroxylation is 2. The Bertz CT molecular complexity index is 323. The average Bonchev–Trinajstić information content (AvgIpc) is 2.32. The molecule has 2 heteroatoms. The Labute approximate surface area is 110 Å². The molecule has 96 valence electrons. The third kappa shape index (κ3) is 6.13. The Morgan fingerprint density at radius 1 is 1.06 bits per heavy atom. The number of rotatable bonds is 8. The molecule has 1 N–H and O–H groups in total. The van der Waals surface area contributed by atoms with Gasteiger partial charge in [0.1, 0.15) is 0 Å². The molecule has 1 aromatic rings. The Kier molecular flexibility index (Phi) is 7.38. The summed E-state index contributed by atoms with van der Waals surface area (Å²) in [5.74, 6) is 1.30. The molecule has 0 radical (unpaired) electrons. The average molecular weight is 251 g/mol. The van der Waals surface area contributed by atoms with Crippen molar-refractivity contribution in [3.63, 3.8) is 0 Å². The molecule has 0 aliphatic heterocycles. The van der Waals surface area contributed by atoms with Crippen molar-refractivity contribution in [2.24, 2.45) is 0 Å². The lowest BCUT2D eigenvalue weighted by Gasteiger charge is -2.07. The summed E-state index contributed by atoms with van der Waals surface area (Å²) in [6.07, 6.45) is 6.18. The van der Waals surface area contributed by atoms with E-state index in [9.17, 15) is 0 Å². The summed E-state index contributed by atoms with van der Waals surface area (Å²) in [6, 6.07) is 6.73. The van der Waals surface area contributed by atoms with Gasteiger partial charge in [0.05, 0.1) is 0 Å². The lowest BCUT2D eigenvalue weighted by Crippen LogP contribution is -2.14. The molecule has 0 bridgehead atoms. The fourth-order valence-electron chi connectivity index (χ4n) is 1.82. The van der Waals surface area contributed by atoms with Gasteiger partial charge in [0.15, 0.2) is 0 Å². The van der Waals surface area contributed by atoms with Gasteiger partial charge in [0.2, 0.25) is 0 Å². The van der Waals surface area contributed by atoms with E-state index in [0.29, 0.717) is 0 Å². The molecule has 0 saturated heterocycles. The third-order valence-corrected chi connectivity index (χ3v) is 3.80. The van der Waals surface area contributed by atoms with Gasteiger partial charge >= 0.3 is 0 Å². The van der Waals surface area contributed by atoms with Crippen LogP contribution in [0.3, 0.4) is 0 Å². The molecule has 0 atom stereocenters. The summed E-state index contributed by atoms with van der Waals surface area (Å²) in [7, 11) is 0. The van der Waals surface area contributed by atoms with Crippen molar-refractivity contribution in [3.05, 3.63) is 34.9 Å². The molecule has 1 rings (SSSR count). The first-order valence-corrected chi connectivity index (χ1v) is 7.89. The van der Waals surface area contributed by atoms with Crippen LogP contribution in [0.15, 0.2) is 18.2 Å². The highest BCUT2D eigenvalue weighted by Crippen LogP contribution is 2.09. The second kappa shape index (κ2) is 8.60. The van der Waals surface area contributed by atoms with Crippen molar-refractivity contribution < 1.29 is 0 Å². The highest BCUT2D eigenvalue weighted by atomic mass is 32.2. The number of unbranched alkanes of at least 4 members (excludes halogenated alkanes) is 2. The van der Waals surface area contributed by atoms with E-state index in [-0.39, 0.29) is 0 Å². The van der Waals surface area contributed by atoms with Crippen molar-refractivity contribution in [2.45, 2.75) is 39.7 Å². The Morgan fingerprint density at radius 3 is 2.59 bits per heavy atom. The minimum atomic E-state index is 1.00. The molecule has 0 fully saturated rings. The molecule has 0 aliphatic rings. The van der Waals surface area contributed by atoms with Crippen LogP contribution >= 0.6 is 11.8 Å². The van der Waals surface area contributed by atoms with Gasteiger partial charge in [-0.3, -0.25) is 0 Å². The van der Waals surface area contributed by atoms with E-state index in [0.717, 1.165) is 13.1 Å². The third-order valence-electron chi connectivity index (χ3n) is 3.10. The highest BCUT2D eigenvalue weighted by molar-refractivity contribution is 7.98. The summed E-state index contributed by atoms with van der Waals surface area (Å²) in [6.45, 7) is 6.49. The van der Waals surface area contributed by atoms with E-state index in [4.69, 9.17) is 0 Å². The van der Waals surface area contributed by atoms with Gasteiger partial charge < -0.3 is 5.32 Å². The molecule has 1 aromatic carbocycles. The Morgan fingerprint density at radius 2 is 1.88 bits per heavy atom.